The van der Waals surface area contributed by atoms with Gasteiger partial charge in [-0.05, 0) is 6.42 Å². The van der Waals surface area contributed by atoms with E-state index in [4.69, 9.17) is 16.2 Å². The fourth-order valence-electron chi connectivity index (χ4n) is 1.49. The fourth-order valence-corrected chi connectivity index (χ4v) is 1.49. The van der Waals surface area contributed by atoms with E-state index < -0.39 is 18.0 Å². The zero-order valence-corrected chi connectivity index (χ0v) is 8.81. The monoisotopic (exact) mass is 215 g/mol. The van der Waals surface area contributed by atoms with Crippen molar-refractivity contribution in [3.8, 4) is 0 Å². The Morgan fingerprint density at radius 1 is 1.60 bits per heavy atom. The second-order valence-corrected chi connectivity index (χ2v) is 3.54. The molecule has 0 aromatic carbocycles. The van der Waals surface area contributed by atoms with Crippen molar-refractivity contribution in [1.82, 2.24) is 4.90 Å². The summed E-state index contributed by atoms with van der Waals surface area (Å²) in [6.07, 6.45) is 0.543. The predicted octanol–water partition coefficient (Wildman–Crippen LogP) is -1.56. The summed E-state index contributed by atoms with van der Waals surface area (Å²) in [5, 5.41) is 0. The first-order valence-corrected chi connectivity index (χ1v) is 5.01. The van der Waals surface area contributed by atoms with Crippen molar-refractivity contribution >= 4 is 11.8 Å². The first-order chi connectivity index (χ1) is 7.07. The van der Waals surface area contributed by atoms with Crippen molar-refractivity contribution in [2.24, 2.45) is 11.5 Å². The second-order valence-electron chi connectivity index (χ2n) is 3.54. The van der Waals surface area contributed by atoms with Gasteiger partial charge in [-0.25, -0.2) is 0 Å². The Bertz CT molecular complexity index is 257. The van der Waals surface area contributed by atoms with Gasteiger partial charge in [-0.15, -0.1) is 0 Å². The number of nitrogens with two attached hydrogens (primary N) is 2. The van der Waals surface area contributed by atoms with Crippen LogP contribution in [0.25, 0.3) is 0 Å². The van der Waals surface area contributed by atoms with E-state index in [1.54, 1.807) is 0 Å². The second kappa shape index (κ2) is 5.09. The molecule has 0 aromatic heterocycles. The molecule has 0 aliphatic carbocycles. The van der Waals surface area contributed by atoms with Gasteiger partial charge in [0.1, 0.15) is 6.04 Å². The topological polar surface area (TPSA) is 98.7 Å². The molecule has 0 bridgehead atoms. The lowest BCUT2D eigenvalue weighted by Crippen LogP contribution is -2.58. The maximum atomic E-state index is 11.8. The number of carbonyl (C=O) groups excluding carboxylic acids is 2. The highest BCUT2D eigenvalue weighted by Gasteiger charge is 2.33. The van der Waals surface area contributed by atoms with E-state index in [0.717, 1.165) is 0 Å². The largest absolute Gasteiger partial charge is 0.377 e. The van der Waals surface area contributed by atoms with Crippen molar-refractivity contribution in [3.63, 3.8) is 0 Å². The maximum absolute atomic E-state index is 11.8. The third-order valence-electron chi connectivity index (χ3n) is 2.50. The van der Waals surface area contributed by atoms with E-state index in [1.807, 2.05) is 6.92 Å². The molecule has 1 saturated heterocycles. The van der Waals surface area contributed by atoms with Gasteiger partial charge in [0.05, 0.1) is 19.3 Å². The van der Waals surface area contributed by atoms with Gasteiger partial charge < -0.3 is 21.1 Å². The van der Waals surface area contributed by atoms with E-state index in [1.165, 1.54) is 4.90 Å². The van der Waals surface area contributed by atoms with Crippen LogP contribution >= 0.6 is 0 Å². The molecule has 1 unspecified atom stereocenters. The Morgan fingerprint density at radius 2 is 2.27 bits per heavy atom. The number of carbonyl (C=O) groups is 2. The van der Waals surface area contributed by atoms with E-state index in [-0.39, 0.29) is 12.5 Å². The molecule has 2 amide bonds. The van der Waals surface area contributed by atoms with Crippen molar-refractivity contribution in [2.45, 2.75) is 25.4 Å². The predicted molar refractivity (Wildman–Crippen MR) is 53.8 cm³/mol. The Morgan fingerprint density at radius 3 is 2.80 bits per heavy atom. The lowest BCUT2D eigenvalue weighted by atomic mass is 10.1. The molecular weight excluding hydrogens is 198 g/mol. The molecule has 0 saturated carbocycles. The van der Waals surface area contributed by atoms with Gasteiger partial charge in [0.15, 0.2) is 0 Å². The summed E-state index contributed by atoms with van der Waals surface area (Å²) in [5.41, 5.74) is 10.8. The summed E-state index contributed by atoms with van der Waals surface area (Å²) in [5.74, 6) is -0.782. The minimum Gasteiger partial charge on any atom is -0.377 e. The van der Waals surface area contributed by atoms with Gasteiger partial charge in [-0.1, -0.05) is 6.92 Å². The molecule has 1 aliphatic rings. The molecule has 2 atom stereocenters. The molecule has 6 nitrogen and oxygen atoms in total. The summed E-state index contributed by atoms with van der Waals surface area (Å²) in [6.45, 7) is 2.78. The Labute approximate surface area is 88.5 Å². The van der Waals surface area contributed by atoms with Crippen LogP contribution in [0.4, 0.5) is 0 Å². The van der Waals surface area contributed by atoms with Crippen LogP contribution in [0.1, 0.15) is 13.3 Å². The van der Waals surface area contributed by atoms with Gasteiger partial charge in [0.25, 0.3) is 0 Å². The Kier molecular flexibility index (Phi) is 4.05. The Hall–Kier alpha value is -1.14. The molecule has 6 heteroatoms. The summed E-state index contributed by atoms with van der Waals surface area (Å²) < 4.78 is 5.10. The number of hydrogen-bond donors (Lipinski definition) is 2. The average molecular weight is 215 g/mol. The van der Waals surface area contributed by atoms with Crippen LogP contribution < -0.4 is 11.5 Å². The van der Waals surface area contributed by atoms with Gasteiger partial charge in [-0.2, -0.15) is 0 Å². The molecule has 1 heterocycles. The number of rotatable bonds is 3. The van der Waals surface area contributed by atoms with Crippen molar-refractivity contribution in [1.29, 1.82) is 0 Å². The van der Waals surface area contributed by atoms with Crippen LogP contribution in [0.2, 0.25) is 0 Å². The van der Waals surface area contributed by atoms with Crippen molar-refractivity contribution in [2.75, 3.05) is 19.8 Å². The number of morpholine rings is 1. The zero-order valence-electron chi connectivity index (χ0n) is 8.81. The van der Waals surface area contributed by atoms with Gasteiger partial charge >= 0.3 is 0 Å². The standard InChI is InChI=1S/C9H17N3O3/c1-2-6(10)9(14)12-3-4-15-5-7(12)8(11)13/h6-7H,2-5,10H2,1H3,(H2,11,13)/t6-,7?/m1/s1. The smallest absolute Gasteiger partial charge is 0.242 e. The van der Waals surface area contributed by atoms with Gasteiger partial charge in [0, 0.05) is 6.54 Å². The molecule has 1 rings (SSSR count). The number of hydrogen-bond acceptors (Lipinski definition) is 4. The zero-order chi connectivity index (χ0) is 11.4. The van der Waals surface area contributed by atoms with Crippen LogP contribution in [0.15, 0.2) is 0 Å². The fraction of sp³-hybridized carbons (Fsp3) is 0.778. The van der Waals surface area contributed by atoms with Crippen LogP contribution in [-0.2, 0) is 14.3 Å². The van der Waals surface area contributed by atoms with E-state index in [9.17, 15) is 9.59 Å². The van der Waals surface area contributed by atoms with Crippen LogP contribution in [-0.4, -0.2) is 48.6 Å². The van der Waals surface area contributed by atoms with E-state index in [0.29, 0.717) is 19.6 Å². The molecular formula is C9H17N3O3. The minimum atomic E-state index is -0.677. The lowest BCUT2D eigenvalue weighted by Gasteiger charge is -2.34. The molecule has 0 spiro atoms. The summed E-state index contributed by atoms with van der Waals surface area (Å²) >= 11 is 0. The summed E-state index contributed by atoms with van der Waals surface area (Å²) in [4.78, 5) is 24.3. The highest BCUT2D eigenvalue weighted by molar-refractivity contribution is 5.89. The minimum absolute atomic E-state index is 0.164. The van der Waals surface area contributed by atoms with E-state index >= 15 is 0 Å². The van der Waals surface area contributed by atoms with Crippen molar-refractivity contribution in [3.05, 3.63) is 0 Å². The maximum Gasteiger partial charge on any atom is 0.242 e. The molecule has 86 valence electrons. The average Bonchev–Trinajstić information content (AvgIpc) is 2.27. The van der Waals surface area contributed by atoms with E-state index in [2.05, 4.69) is 0 Å². The van der Waals surface area contributed by atoms with Crippen LogP contribution in [0, 0.1) is 0 Å². The molecule has 4 N–H and O–H groups in total. The number of ether oxygens (including phenoxy) is 1. The van der Waals surface area contributed by atoms with Crippen LogP contribution in [0.3, 0.4) is 0 Å². The number of primary amides is 1. The summed E-state index contributed by atoms with van der Waals surface area (Å²) in [6, 6.07) is -1.24. The first kappa shape index (κ1) is 11.9. The molecule has 1 fully saturated rings. The highest BCUT2D eigenvalue weighted by atomic mass is 16.5. The normalized spacial score (nSPS) is 23.6. The third kappa shape index (κ3) is 2.66. The number of amides is 2. The number of nitrogens with zero attached hydrogens (tertiary/aromatic N) is 1. The molecule has 0 radical (unpaired) electrons. The molecule has 1 aliphatic heterocycles. The van der Waals surface area contributed by atoms with Crippen molar-refractivity contribution < 1.29 is 14.3 Å². The third-order valence-corrected chi connectivity index (χ3v) is 2.50. The molecule has 0 aromatic rings. The quantitative estimate of drug-likeness (QED) is 0.594. The SMILES string of the molecule is CC[C@@H](N)C(=O)N1CCOCC1C(N)=O. The first-order valence-electron chi connectivity index (χ1n) is 5.01. The van der Waals surface area contributed by atoms with Gasteiger partial charge in [-0.3, -0.25) is 9.59 Å². The lowest BCUT2D eigenvalue weighted by molar-refractivity contribution is -0.148. The molecule has 15 heavy (non-hydrogen) atoms. The summed E-state index contributed by atoms with van der Waals surface area (Å²) in [7, 11) is 0. The Balaban J connectivity index is 2.71. The van der Waals surface area contributed by atoms with Crippen LogP contribution in [0.5, 0.6) is 0 Å². The highest BCUT2D eigenvalue weighted by Crippen LogP contribution is 2.09. The van der Waals surface area contributed by atoms with Gasteiger partial charge in [0.2, 0.25) is 11.8 Å².